The van der Waals surface area contributed by atoms with Crippen molar-refractivity contribution in [3.8, 4) is 44.8 Å². The zero-order valence-corrected chi connectivity index (χ0v) is 33.2. The Kier molecular flexibility index (Phi) is 7.38. The summed E-state index contributed by atoms with van der Waals surface area (Å²) in [7, 11) is 0. The third-order valence-electron chi connectivity index (χ3n) is 9.56. The first-order chi connectivity index (χ1) is 31.4. The van der Waals surface area contributed by atoms with Gasteiger partial charge in [0.15, 0.2) is 0 Å². The normalized spacial score (nSPS) is 15.4. The van der Waals surface area contributed by atoms with Crippen LogP contribution in [0.15, 0.2) is 138 Å². The number of nitrogens with zero attached hydrogens (tertiary/aromatic N) is 3. The number of hydrogen-bond donors (Lipinski definition) is 0. The number of hydrogen-bond acceptors (Lipinski definition) is 4. The summed E-state index contributed by atoms with van der Waals surface area (Å²) in [4.78, 5) is 13.0. The van der Waals surface area contributed by atoms with Crippen molar-refractivity contribution in [3.63, 3.8) is 0 Å². The molecule has 4 aromatic heterocycles. The van der Waals surface area contributed by atoms with Crippen molar-refractivity contribution in [2.24, 2.45) is 0 Å². The summed E-state index contributed by atoms with van der Waals surface area (Å²) in [6, 6.07) is 42.2. The molecule has 5 heteroatoms. The minimum Gasteiger partial charge on any atom is -0.486 e. The molecule has 4 heterocycles. The molecule has 9 aromatic rings. The molecule has 279 valence electrons. The predicted octanol–water partition coefficient (Wildman–Crippen LogP) is 13.4. The molecule has 0 aliphatic rings. The van der Waals surface area contributed by atoms with E-state index in [-0.39, 0.29) is 53.6 Å². The quantitative estimate of drug-likeness (QED) is 0.165. The molecule has 0 fully saturated rings. The van der Waals surface area contributed by atoms with E-state index < -0.39 is 27.4 Å². The summed E-state index contributed by atoms with van der Waals surface area (Å²) < 4.78 is 98.9. The molecule has 0 N–H and O–H groups in total. The third-order valence-corrected chi connectivity index (χ3v) is 9.56. The molecule has 0 aliphatic carbocycles. The molecule has 0 spiro atoms. The largest absolute Gasteiger partial charge is 0.486 e. The molecule has 0 aliphatic heterocycles. The molecule has 0 saturated carbocycles. The average molecular weight is 918 g/mol. The van der Waals surface area contributed by atoms with E-state index in [1.54, 1.807) is 36.5 Å². The van der Waals surface area contributed by atoms with Gasteiger partial charge in [-0.25, -0.2) is 4.98 Å². The molecule has 5 aromatic carbocycles. The van der Waals surface area contributed by atoms with Crippen LogP contribution in [0.4, 0.5) is 0 Å². The molecule has 0 unspecified atom stereocenters. The van der Waals surface area contributed by atoms with E-state index in [4.69, 9.17) is 20.9 Å². The number of rotatable bonds is 4. The van der Waals surface area contributed by atoms with Gasteiger partial charge < -0.3 is 14.4 Å². The van der Waals surface area contributed by atoms with Crippen molar-refractivity contribution in [1.29, 1.82) is 0 Å². The first kappa shape index (κ1) is 26.2. The molecular formula is C51H43IrN3O-2. The molecule has 4 nitrogen and oxygen atoms in total. The molecule has 9 rings (SSSR count). The summed E-state index contributed by atoms with van der Waals surface area (Å²) in [5, 5.41) is 3.20. The fourth-order valence-corrected chi connectivity index (χ4v) is 6.75. The Balaban J connectivity index is 0.000000274. The minimum atomic E-state index is -2.40. The predicted molar refractivity (Wildman–Crippen MR) is 228 cm³/mol. The maximum Gasteiger partial charge on any atom is 0.216 e. The van der Waals surface area contributed by atoms with Crippen LogP contribution in [-0.4, -0.2) is 15.0 Å². The van der Waals surface area contributed by atoms with Gasteiger partial charge in [-0.1, -0.05) is 111 Å². The minimum absolute atomic E-state index is 0. The number of fused-ring (bicyclic) bond motifs is 4. The first-order valence-corrected chi connectivity index (χ1v) is 17.8. The van der Waals surface area contributed by atoms with Crippen molar-refractivity contribution >= 4 is 32.8 Å². The molecule has 0 saturated heterocycles. The Morgan fingerprint density at radius 2 is 1.48 bits per heavy atom. The van der Waals surface area contributed by atoms with Crippen LogP contribution in [0.25, 0.3) is 77.6 Å². The molecule has 0 amide bonds. The van der Waals surface area contributed by atoms with E-state index in [1.165, 1.54) is 36.0 Å². The number of pyridine rings is 3. The van der Waals surface area contributed by atoms with Crippen molar-refractivity contribution in [1.82, 2.24) is 15.0 Å². The van der Waals surface area contributed by atoms with Gasteiger partial charge in [0, 0.05) is 60.0 Å². The number of aryl methyl sites for hydroxylation is 4. The van der Waals surface area contributed by atoms with Crippen molar-refractivity contribution < 1.29 is 41.0 Å². The maximum absolute atomic E-state index is 8.61. The zero-order chi connectivity index (χ0) is 48.3. The van der Waals surface area contributed by atoms with Crippen LogP contribution in [0.3, 0.4) is 0 Å². The second-order valence-electron chi connectivity index (χ2n) is 14.3. The fraction of sp³-hybridized carbons (Fsp3) is 0.157. The second-order valence-corrected chi connectivity index (χ2v) is 14.3. The van der Waals surface area contributed by atoms with Crippen LogP contribution in [0.2, 0.25) is 0 Å². The molecule has 1 radical (unpaired) electrons. The van der Waals surface area contributed by atoms with E-state index in [1.807, 2.05) is 42.5 Å². The monoisotopic (exact) mass is 918 g/mol. The SMILES string of the molecule is [2H]C([2H])([2H])c1c[c-]c(-c2ccc(C([2H])([2H])[2H])cn2)cc1.[2H]C([2H])([2H])c1ccc2c(n1)oc1c(-c3cc(-c4c(C([2H])([2H])[2H])cc(-c5ccc(C(C)(C)C)cc5)c5ccccc45)ccn3)[c-]ccc12.[Ir]. The summed E-state index contributed by atoms with van der Waals surface area (Å²) in [6.45, 7) is -2.61. The van der Waals surface area contributed by atoms with Gasteiger partial charge in [-0.2, -0.15) is 0 Å². The van der Waals surface area contributed by atoms with Gasteiger partial charge in [0.1, 0.15) is 0 Å². The van der Waals surface area contributed by atoms with E-state index in [2.05, 4.69) is 72.1 Å². The molecule has 56 heavy (non-hydrogen) atoms. The van der Waals surface area contributed by atoms with Gasteiger partial charge >= 0.3 is 0 Å². The fourth-order valence-electron chi connectivity index (χ4n) is 6.75. The Morgan fingerprint density at radius 3 is 2.20 bits per heavy atom. The Bertz CT molecular complexity index is 3200. The number of aromatic nitrogens is 3. The van der Waals surface area contributed by atoms with Gasteiger partial charge in [-0.05, 0) is 105 Å². The summed E-state index contributed by atoms with van der Waals surface area (Å²) in [5.74, 6) is 0. The van der Waals surface area contributed by atoms with E-state index >= 15 is 0 Å². The van der Waals surface area contributed by atoms with Crippen LogP contribution in [-0.2, 0) is 25.5 Å². The smallest absolute Gasteiger partial charge is 0.216 e. The van der Waals surface area contributed by atoms with Crippen LogP contribution in [0.1, 0.15) is 65.2 Å². The standard InChI is InChI=1S/C38H31N2O.C13H12N.Ir/c1-23-21-33(25-14-16-27(17-15-25)38(3,4)5)28-9-6-7-10-29(28)35(23)26-19-20-39-34(22-26)32-12-8-11-30-31-18-13-24(2)40-37(31)41-36(30)32;1-10-3-6-12(7-4-10)13-8-5-11(2)9-14-13;/h6-11,13-22H,1-5H3;3-6,8-9H,1-2H3;/q2*-1;/i2*1D3,2D3;. The van der Waals surface area contributed by atoms with E-state index in [0.29, 0.717) is 44.6 Å². The van der Waals surface area contributed by atoms with Gasteiger partial charge in [0.05, 0.1) is 5.58 Å². The first-order valence-electron chi connectivity index (χ1n) is 23.8. The summed E-state index contributed by atoms with van der Waals surface area (Å²) in [5.41, 5.74) is 7.83. The second kappa shape index (κ2) is 15.8. The maximum atomic E-state index is 8.61. The molecule has 0 atom stereocenters. The van der Waals surface area contributed by atoms with Crippen LogP contribution in [0.5, 0.6) is 0 Å². The van der Waals surface area contributed by atoms with E-state index in [0.717, 1.165) is 27.3 Å². The molecular weight excluding hydrogens is 863 g/mol. The van der Waals surface area contributed by atoms with Crippen LogP contribution >= 0.6 is 0 Å². The van der Waals surface area contributed by atoms with Crippen LogP contribution in [0, 0.1) is 39.5 Å². The Morgan fingerprint density at radius 1 is 0.661 bits per heavy atom. The van der Waals surface area contributed by atoms with Gasteiger partial charge in [-0.3, -0.25) is 0 Å². The van der Waals surface area contributed by atoms with Gasteiger partial charge in [0.25, 0.3) is 0 Å². The van der Waals surface area contributed by atoms with Crippen LogP contribution < -0.4 is 0 Å². The summed E-state index contributed by atoms with van der Waals surface area (Å²) >= 11 is 0. The third kappa shape index (κ3) is 7.71. The topological polar surface area (TPSA) is 51.8 Å². The summed E-state index contributed by atoms with van der Waals surface area (Å²) in [6.07, 6.45) is 2.95. The Labute approximate surface area is 359 Å². The molecule has 0 bridgehead atoms. The Hall–Kier alpha value is -5.74. The van der Waals surface area contributed by atoms with Crippen molar-refractivity contribution in [3.05, 3.63) is 174 Å². The van der Waals surface area contributed by atoms with Crippen molar-refractivity contribution in [2.75, 3.05) is 0 Å². The van der Waals surface area contributed by atoms with Gasteiger partial charge in [-0.15, -0.1) is 53.6 Å². The van der Waals surface area contributed by atoms with E-state index in [9.17, 15) is 0 Å². The van der Waals surface area contributed by atoms with Crippen molar-refractivity contribution in [2.45, 2.75) is 53.6 Å². The number of furan rings is 1. The number of benzene rings is 5. The zero-order valence-electron chi connectivity index (χ0n) is 42.8. The average Bonchev–Trinajstić information content (AvgIpc) is 3.66. The van der Waals surface area contributed by atoms with Gasteiger partial charge in [0.2, 0.25) is 5.71 Å².